The highest BCUT2D eigenvalue weighted by Gasteiger charge is 2.17. The molecule has 2 aromatic carbocycles. The Morgan fingerprint density at radius 3 is 2.40 bits per heavy atom. The number of nitrogens with one attached hydrogen (secondary N) is 1. The van der Waals surface area contributed by atoms with Gasteiger partial charge in [0.25, 0.3) is 0 Å². The van der Waals surface area contributed by atoms with Gasteiger partial charge in [0.1, 0.15) is 0 Å². The third-order valence-electron chi connectivity index (χ3n) is 4.16. The molecule has 0 radical (unpaired) electrons. The van der Waals surface area contributed by atoms with E-state index in [0.29, 0.717) is 12.0 Å². The first-order chi connectivity index (χ1) is 9.76. The molecule has 0 saturated carbocycles. The lowest BCUT2D eigenvalue weighted by Crippen LogP contribution is -2.34. The van der Waals surface area contributed by atoms with E-state index in [2.05, 4.69) is 68.6 Å². The van der Waals surface area contributed by atoms with Crippen LogP contribution in [0.2, 0.25) is 0 Å². The summed E-state index contributed by atoms with van der Waals surface area (Å²) in [6.07, 6.45) is 3.68. The highest BCUT2D eigenvalue weighted by molar-refractivity contribution is 5.83. The average molecular weight is 269 g/mol. The lowest BCUT2D eigenvalue weighted by molar-refractivity contribution is 0.421. The van der Waals surface area contributed by atoms with Gasteiger partial charge in [-0.15, -0.1) is 0 Å². The van der Waals surface area contributed by atoms with E-state index in [1.165, 1.54) is 35.6 Å². The van der Waals surface area contributed by atoms with Gasteiger partial charge in [-0.3, -0.25) is 0 Å². The third kappa shape index (κ3) is 3.61. The number of rotatable bonds is 7. The Morgan fingerprint density at radius 2 is 1.70 bits per heavy atom. The molecular weight excluding hydrogens is 242 g/mol. The molecule has 0 aromatic heterocycles. The van der Waals surface area contributed by atoms with Crippen LogP contribution in [0.4, 0.5) is 0 Å². The van der Waals surface area contributed by atoms with Gasteiger partial charge in [-0.05, 0) is 41.6 Å². The standard InChI is InChI=1S/C19H27N/c1-4-8-19(20-13-5-2)15(3)17-12-11-16-9-6-7-10-18(16)14-17/h6-7,9-12,14-15,19-20H,4-5,8,13H2,1-3H3. The largest absolute Gasteiger partial charge is 0.313 e. The van der Waals surface area contributed by atoms with Crippen LogP contribution in [0, 0.1) is 0 Å². The second-order valence-corrected chi connectivity index (χ2v) is 5.74. The zero-order chi connectivity index (χ0) is 14.4. The van der Waals surface area contributed by atoms with Crippen LogP contribution in [0.25, 0.3) is 10.8 Å². The molecule has 0 aliphatic rings. The fraction of sp³-hybridized carbons (Fsp3) is 0.474. The van der Waals surface area contributed by atoms with E-state index in [9.17, 15) is 0 Å². The second kappa shape index (κ2) is 7.44. The van der Waals surface area contributed by atoms with E-state index in [0.717, 1.165) is 6.54 Å². The van der Waals surface area contributed by atoms with Crippen LogP contribution < -0.4 is 5.32 Å². The van der Waals surface area contributed by atoms with E-state index < -0.39 is 0 Å². The summed E-state index contributed by atoms with van der Waals surface area (Å²) in [7, 11) is 0. The van der Waals surface area contributed by atoms with Crippen molar-refractivity contribution in [3.05, 3.63) is 48.0 Å². The van der Waals surface area contributed by atoms with Crippen LogP contribution >= 0.6 is 0 Å². The average Bonchev–Trinajstić information content (AvgIpc) is 2.50. The lowest BCUT2D eigenvalue weighted by Gasteiger charge is -2.25. The van der Waals surface area contributed by atoms with Gasteiger partial charge in [0.15, 0.2) is 0 Å². The van der Waals surface area contributed by atoms with E-state index in [4.69, 9.17) is 0 Å². The SMILES string of the molecule is CCCNC(CCC)C(C)c1ccc2ccccc2c1. The predicted octanol–water partition coefficient (Wildman–Crippen LogP) is 5.11. The minimum absolute atomic E-state index is 0.561. The first kappa shape index (κ1) is 15.1. The van der Waals surface area contributed by atoms with Gasteiger partial charge >= 0.3 is 0 Å². The molecule has 108 valence electrons. The second-order valence-electron chi connectivity index (χ2n) is 5.74. The van der Waals surface area contributed by atoms with Crippen molar-refractivity contribution in [2.24, 2.45) is 0 Å². The Kier molecular flexibility index (Phi) is 5.60. The molecule has 2 aromatic rings. The van der Waals surface area contributed by atoms with Gasteiger partial charge in [-0.25, -0.2) is 0 Å². The van der Waals surface area contributed by atoms with Crippen molar-refractivity contribution in [3.8, 4) is 0 Å². The topological polar surface area (TPSA) is 12.0 Å². The summed E-state index contributed by atoms with van der Waals surface area (Å²) in [5.41, 5.74) is 1.45. The molecule has 0 fully saturated rings. The van der Waals surface area contributed by atoms with Gasteiger partial charge in [0.2, 0.25) is 0 Å². The van der Waals surface area contributed by atoms with Crippen molar-refractivity contribution in [1.29, 1.82) is 0 Å². The summed E-state index contributed by atoms with van der Waals surface area (Å²) >= 11 is 0. The number of hydrogen-bond donors (Lipinski definition) is 1. The Hall–Kier alpha value is -1.34. The fourth-order valence-electron chi connectivity index (χ4n) is 2.89. The quantitative estimate of drug-likeness (QED) is 0.736. The maximum Gasteiger partial charge on any atom is 0.0133 e. The van der Waals surface area contributed by atoms with Crippen LogP contribution in [0.5, 0.6) is 0 Å². The van der Waals surface area contributed by atoms with Crippen LogP contribution in [0.3, 0.4) is 0 Å². The predicted molar refractivity (Wildman–Crippen MR) is 89.4 cm³/mol. The fourth-order valence-corrected chi connectivity index (χ4v) is 2.89. The molecule has 0 amide bonds. The molecule has 0 saturated heterocycles. The number of benzene rings is 2. The Balaban J connectivity index is 2.20. The highest BCUT2D eigenvalue weighted by atomic mass is 14.9. The molecule has 20 heavy (non-hydrogen) atoms. The molecule has 2 atom stereocenters. The van der Waals surface area contributed by atoms with Crippen LogP contribution in [-0.4, -0.2) is 12.6 Å². The van der Waals surface area contributed by atoms with E-state index >= 15 is 0 Å². The molecule has 0 aliphatic heterocycles. The summed E-state index contributed by atoms with van der Waals surface area (Å²) in [5.74, 6) is 0.561. The molecule has 0 heterocycles. The molecular formula is C19H27N. The maximum atomic E-state index is 3.72. The number of hydrogen-bond acceptors (Lipinski definition) is 1. The number of fused-ring (bicyclic) bond motifs is 1. The van der Waals surface area contributed by atoms with Crippen molar-refractivity contribution in [3.63, 3.8) is 0 Å². The van der Waals surface area contributed by atoms with Gasteiger partial charge in [0.05, 0.1) is 0 Å². The molecule has 0 spiro atoms. The van der Waals surface area contributed by atoms with Crippen LogP contribution in [-0.2, 0) is 0 Å². The summed E-state index contributed by atoms with van der Waals surface area (Å²) in [5, 5.41) is 6.40. The van der Waals surface area contributed by atoms with Crippen molar-refractivity contribution in [2.45, 2.75) is 52.0 Å². The molecule has 2 unspecified atom stereocenters. The van der Waals surface area contributed by atoms with Crippen molar-refractivity contribution in [1.82, 2.24) is 5.32 Å². The zero-order valence-electron chi connectivity index (χ0n) is 13.0. The van der Waals surface area contributed by atoms with Gasteiger partial charge < -0.3 is 5.32 Å². The van der Waals surface area contributed by atoms with Crippen molar-refractivity contribution >= 4 is 10.8 Å². The van der Waals surface area contributed by atoms with Crippen molar-refractivity contribution in [2.75, 3.05) is 6.54 Å². The monoisotopic (exact) mass is 269 g/mol. The molecule has 0 bridgehead atoms. The first-order valence-electron chi connectivity index (χ1n) is 7.98. The summed E-state index contributed by atoms with van der Waals surface area (Å²) < 4.78 is 0. The van der Waals surface area contributed by atoms with E-state index in [1.54, 1.807) is 0 Å². The minimum atomic E-state index is 0.561. The highest BCUT2D eigenvalue weighted by Crippen LogP contribution is 2.25. The Bertz CT molecular complexity index is 532. The molecule has 1 heteroatoms. The maximum absolute atomic E-state index is 3.72. The van der Waals surface area contributed by atoms with Crippen LogP contribution in [0.15, 0.2) is 42.5 Å². The van der Waals surface area contributed by atoms with Gasteiger partial charge in [-0.1, -0.05) is 69.7 Å². The van der Waals surface area contributed by atoms with Gasteiger partial charge in [-0.2, -0.15) is 0 Å². The lowest BCUT2D eigenvalue weighted by atomic mass is 9.89. The van der Waals surface area contributed by atoms with E-state index in [1.807, 2.05) is 0 Å². The summed E-state index contributed by atoms with van der Waals surface area (Å²) in [6, 6.07) is 16.1. The molecule has 1 nitrogen and oxygen atoms in total. The Morgan fingerprint density at radius 1 is 0.950 bits per heavy atom. The molecule has 1 N–H and O–H groups in total. The van der Waals surface area contributed by atoms with Crippen LogP contribution in [0.1, 0.15) is 51.5 Å². The Labute approximate surface area is 123 Å². The molecule has 0 aliphatic carbocycles. The zero-order valence-corrected chi connectivity index (χ0v) is 13.0. The third-order valence-corrected chi connectivity index (χ3v) is 4.16. The summed E-state index contributed by atoms with van der Waals surface area (Å²) in [4.78, 5) is 0. The van der Waals surface area contributed by atoms with Gasteiger partial charge in [0, 0.05) is 6.04 Å². The molecule has 2 rings (SSSR count). The van der Waals surface area contributed by atoms with Crippen molar-refractivity contribution < 1.29 is 0 Å². The summed E-state index contributed by atoms with van der Waals surface area (Å²) in [6.45, 7) is 7.97. The van der Waals surface area contributed by atoms with E-state index in [-0.39, 0.29) is 0 Å². The normalized spacial score (nSPS) is 14.3. The minimum Gasteiger partial charge on any atom is -0.313 e. The first-order valence-corrected chi connectivity index (χ1v) is 7.98. The smallest absolute Gasteiger partial charge is 0.0133 e.